The van der Waals surface area contributed by atoms with Gasteiger partial charge in [-0.3, -0.25) is 14.9 Å². The average molecular weight is 570 g/mol. The molecule has 1 saturated heterocycles. The Kier molecular flexibility index (Phi) is 11.9. The van der Waals surface area contributed by atoms with Crippen molar-refractivity contribution in [1.82, 2.24) is 4.90 Å². The van der Waals surface area contributed by atoms with Gasteiger partial charge in [0.25, 0.3) is 0 Å². The zero-order valence-electron chi connectivity index (χ0n) is 21.7. The number of piperidine rings is 1. The SMILES string of the molecule is O=C([O-])[C@@H](N=C(c1ccccc1)c1ccccc1N=C([O-])CN1CCCCC1)[C@@H](CCO)c1ccccc1.[Ni+2]. The zero-order chi connectivity index (χ0) is 26.7. The molecule has 1 heterocycles. The summed E-state index contributed by atoms with van der Waals surface area (Å²) in [5.41, 5.74) is 2.85. The molecule has 3 aromatic rings. The van der Waals surface area contributed by atoms with Crippen LogP contribution in [-0.2, 0) is 21.3 Å². The molecule has 0 radical (unpaired) electrons. The number of rotatable bonds is 11. The number of benzene rings is 3. The Hall–Kier alpha value is -3.32. The number of carbonyl (C=O) groups excluding carboxylic acids is 1. The third-order valence-corrected chi connectivity index (χ3v) is 6.82. The van der Waals surface area contributed by atoms with Crippen molar-refractivity contribution in [3.05, 3.63) is 102 Å². The van der Waals surface area contributed by atoms with Crippen LogP contribution in [0.4, 0.5) is 5.69 Å². The molecule has 7 nitrogen and oxygen atoms in total. The molecule has 39 heavy (non-hydrogen) atoms. The summed E-state index contributed by atoms with van der Waals surface area (Å²) >= 11 is 0. The van der Waals surface area contributed by atoms with Gasteiger partial charge in [-0.25, -0.2) is 0 Å². The average Bonchev–Trinajstić information content (AvgIpc) is 2.94. The van der Waals surface area contributed by atoms with Gasteiger partial charge in [-0.2, -0.15) is 0 Å². The molecule has 0 unspecified atom stereocenters. The summed E-state index contributed by atoms with van der Waals surface area (Å²) in [5.74, 6) is -2.18. The number of hydrogen-bond acceptors (Lipinski definition) is 7. The van der Waals surface area contributed by atoms with Gasteiger partial charge in [-0.1, -0.05) is 85.3 Å². The van der Waals surface area contributed by atoms with Crippen molar-refractivity contribution < 1.29 is 36.6 Å². The van der Waals surface area contributed by atoms with Gasteiger partial charge in [0.2, 0.25) is 0 Å². The van der Waals surface area contributed by atoms with Crippen LogP contribution in [0.3, 0.4) is 0 Å². The number of aliphatic hydroxyl groups excluding tert-OH is 1. The Morgan fingerprint density at radius 3 is 2.13 bits per heavy atom. The second kappa shape index (κ2) is 15.3. The van der Waals surface area contributed by atoms with E-state index in [2.05, 4.69) is 9.89 Å². The standard InChI is InChI=1S/C31H35N3O4.Ni/c35-21-18-25(23-12-4-1-5-13-23)30(31(37)38)33-29(24-14-6-2-7-15-24)26-16-8-9-17-27(26)32-28(36)22-34-19-10-3-11-20-34;/h1-2,4-9,12-17,25,30,35H,3,10-11,18-22H2,(H,32,36)(H,37,38);/q;+2/p-2/t25-,30-;/m0./s1. The van der Waals surface area contributed by atoms with Gasteiger partial charge in [0.1, 0.15) is 0 Å². The summed E-state index contributed by atoms with van der Waals surface area (Å²) in [6.45, 7) is 1.83. The molecule has 8 heteroatoms. The largest absolute Gasteiger partial charge is 2.00 e. The number of carboxylic acids is 1. The summed E-state index contributed by atoms with van der Waals surface area (Å²) in [5, 5.41) is 35.2. The predicted molar refractivity (Wildman–Crippen MR) is 146 cm³/mol. The van der Waals surface area contributed by atoms with Gasteiger partial charge in [-0.15, -0.1) is 0 Å². The number of aliphatic imine (C=N–C) groups is 2. The molecular formula is C31H33N3NiO4. The van der Waals surface area contributed by atoms with Gasteiger partial charge in [-0.05, 0) is 49.9 Å². The molecule has 0 amide bonds. The number of aliphatic hydroxyl groups is 1. The fourth-order valence-electron chi connectivity index (χ4n) is 4.94. The van der Waals surface area contributed by atoms with Crippen LogP contribution in [0.2, 0.25) is 0 Å². The summed E-state index contributed by atoms with van der Waals surface area (Å²) in [7, 11) is 0. The second-order valence-electron chi connectivity index (χ2n) is 9.50. The van der Waals surface area contributed by atoms with Gasteiger partial charge in [0.05, 0.1) is 23.4 Å². The van der Waals surface area contributed by atoms with E-state index >= 15 is 0 Å². The van der Waals surface area contributed by atoms with Crippen LogP contribution < -0.4 is 10.2 Å². The van der Waals surface area contributed by atoms with Crippen LogP contribution in [0.15, 0.2) is 94.9 Å². The third-order valence-electron chi connectivity index (χ3n) is 6.82. The van der Waals surface area contributed by atoms with E-state index in [9.17, 15) is 20.1 Å². The summed E-state index contributed by atoms with van der Waals surface area (Å²) in [6.07, 6.45) is 3.54. The Labute approximate surface area is 239 Å². The molecule has 0 spiro atoms. The molecule has 1 aliphatic rings. The first-order valence-corrected chi connectivity index (χ1v) is 13.1. The number of nitrogens with zero attached hydrogens (tertiary/aromatic N) is 3. The molecule has 0 saturated carbocycles. The minimum absolute atomic E-state index is 0. The fraction of sp³-hybridized carbons (Fsp3) is 0.323. The summed E-state index contributed by atoms with van der Waals surface area (Å²) in [4.78, 5) is 23.8. The summed E-state index contributed by atoms with van der Waals surface area (Å²) < 4.78 is 0. The minimum atomic E-state index is -1.34. The maximum atomic E-state index is 12.9. The fourth-order valence-corrected chi connectivity index (χ4v) is 4.94. The third kappa shape index (κ3) is 8.33. The number of hydrogen-bond donors (Lipinski definition) is 1. The molecule has 3 aromatic carbocycles. The second-order valence-corrected chi connectivity index (χ2v) is 9.50. The molecule has 1 fully saturated rings. The summed E-state index contributed by atoms with van der Waals surface area (Å²) in [6, 6.07) is 24.3. The molecule has 4 rings (SSSR count). The maximum Gasteiger partial charge on any atom is 2.00 e. The quantitative estimate of drug-likeness (QED) is 0.217. The van der Waals surface area contributed by atoms with Gasteiger partial charge >= 0.3 is 16.5 Å². The number of aliphatic carboxylic acids is 1. The van der Waals surface area contributed by atoms with Crippen molar-refractivity contribution in [2.75, 3.05) is 26.2 Å². The molecule has 1 N–H and O–H groups in total. The molecule has 206 valence electrons. The number of carboxylic acid groups (broad SMARTS) is 1. The zero-order valence-corrected chi connectivity index (χ0v) is 22.7. The van der Waals surface area contributed by atoms with Crippen LogP contribution in [0, 0.1) is 0 Å². The Morgan fingerprint density at radius 1 is 0.872 bits per heavy atom. The molecule has 0 bridgehead atoms. The van der Waals surface area contributed by atoms with E-state index in [1.165, 1.54) is 6.42 Å². The minimum Gasteiger partial charge on any atom is -0.861 e. The van der Waals surface area contributed by atoms with Crippen LogP contribution in [-0.4, -0.2) is 59.9 Å². The smallest absolute Gasteiger partial charge is 0.861 e. The first-order chi connectivity index (χ1) is 18.6. The molecule has 2 atom stereocenters. The predicted octanol–water partition coefficient (Wildman–Crippen LogP) is 2.68. The van der Waals surface area contributed by atoms with E-state index in [0.29, 0.717) is 22.5 Å². The Balaban J connectivity index is 0.00000420. The van der Waals surface area contributed by atoms with Crippen molar-refractivity contribution in [1.29, 1.82) is 0 Å². The molecule has 0 aromatic heterocycles. The van der Waals surface area contributed by atoms with E-state index in [1.54, 1.807) is 18.2 Å². The van der Waals surface area contributed by atoms with Crippen molar-refractivity contribution in [3.63, 3.8) is 0 Å². The van der Waals surface area contributed by atoms with Crippen LogP contribution in [0.5, 0.6) is 0 Å². The van der Waals surface area contributed by atoms with E-state index in [1.807, 2.05) is 66.7 Å². The molecule has 1 aliphatic heterocycles. The van der Waals surface area contributed by atoms with Crippen LogP contribution in [0.25, 0.3) is 0 Å². The Bertz CT molecular complexity index is 1240. The van der Waals surface area contributed by atoms with E-state index < -0.39 is 17.9 Å². The number of likely N-dealkylation sites (tertiary alicyclic amines) is 1. The van der Waals surface area contributed by atoms with Gasteiger partial charge in [0, 0.05) is 30.2 Å². The van der Waals surface area contributed by atoms with Crippen molar-refractivity contribution in [3.8, 4) is 0 Å². The van der Waals surface area contributed by atoms with E-state index in [4.69, 9.17) is 4.99 Å². The Morgan fingerprint density at radius 2 is 1.49 bits per heavy atom. The molecule has 0 aliphatic carbocycles. The van der Waals surface area contributed by atoms with Crippen LogP contribution in [0.1, 0.15) is 48.3 Å². The van der Waals surface area contributed by atoms with Gasteiger partial charge < -0.3 is 20.1 Å². The van der Waals surface area contributed by atoms with Crippen molar-refractivity contribution >= 4 is 23.3 Å². The first kappa shape index (κ1) is 30.2. The van der Waals surface area contributed by atoms with Crippen molar-refractivity contribution in [2.24, 2.45) is 9.98 Å². The van der Waals surface area contributed by atoms with Crippen LogP contribution >= 0.6 is 0 Å². The van der Waals surface area contributed by atoms with E-state index in [0.717, 1.165) is 31.5 Å². The van der Waals surface area contributed by atoms with E-state index in [-0.39, 0.29) is 42.0 Å². The number of carbonyl (C=O) groups is 1. The monoisotopic (exact) mass is 569 g/mol. The first-order valence-electron chi connectivity index (χ1n) is 13.1. The maximum absolute atomic E-state index is 12.9. The topological polar surface area (TPSA) is 111 Å². The normalized spacial score (nSPS) is 16.2. The van der Waals surface area contributed by atoms with Gasteiger partial charge in [0.15, 0.2) is 0 Å². The van der Waals surface area contributed by atoms with Crippen molar-refractivity contribution in [2.45, 2.75) is 37.6 Å². The molecular weight excluding hydrogens is 537 g/mol. The number of para-hydroxylation sites is 1.